The van der Waals surface area contributed by atoms with E-state index in [9.17, 15) is 13.6 Å². The molecule has 1 aromatic heterocycles. The highest BCUT2D eigenvalue weighted by Gasteiger charge is 2.09. The highest BCUT2D eigenvalue weighted by atomic mass is 19.1. The number of halogens is 2. The standard InChI is InChI=1S/C11H6F2O2/c12-8-3-7(4-9(13)5-8)10-1-2-15-11(10)6-14/h1-6H. The van der Waals surface area contributed by atoms with Gasteiger partial charge in [0.15, 0.2) is 12.0 Å². The van der Waals surface area contributed by atoms with Gasteiger partial charge in [-0.15, -0.1) is 0 Å². The third kappa shape index (κ3) is 1.79. The van der Waals surface area contributed by atoms with Crippen molar-refractivity contribution in [3.05, 3.63) is 47.9 Å². The summed E-state index contributed by atoms with van der Waals surface area (Å²) in [5, 5.41) is 0. The SMILES string of the molecule is O=Cc1occc1-c1cc(F)cc(F)c1. The molecule has 0 aliphatic carbocycles. The second kappa shape index (κ2) is 3.65. The van der Waals surface area contributed by atoms with Gasteiger partial charge in [-0.1, -0.05) is 0 Å². The van der Waals surface area contributed by atoms with Crippen LogP contribution in [0.25, 0.3) is 11.1 Å². The molecule has 0 unspecified atom stereocenters. The summed E-state index contributed by atoms with van der Waals surface area (Å²) in [5.41, 5.74) is 0.659. The molecule has 0 atom stereocenters. The molecule has 0 aliphatic rings. The maximum Gasteiger partial charge on any atom is 0.185 e. The first-order valence-corrected chi connectivity index (χ1v) is 4.20. The van der Waals surface area contributed by atoms with Crippen LogP contribution in [0.1, 0.15) is 10.6 Å². The van der Waals surface area contributed by atoms with Gasteiger partial charge in [0.05, 0.1) is 6.26 Å². The molecule has 0 radical (unpaired) electrons. The Kier molecular flexibility index (Phi) is 2.33. The molecule has 0 fully saturated rings. The minimum atomic E-state index is -0.692. The molecule has 0 saturated carbocycles. The van der Waals surface area contributed by atoms with E-state index in [4.69, 9.17) is 4.42 Å². The number of carbonyl (C=O) groups is 1. The molecule has 15 heavy (non-hydrogen) atoms. The van der Waals surface area contributed by atoms with Gasteiger partial charge in [-0.2, -0.15) is 0 Å². The fraction of sp³-hybridized carbons (Fsp3) is 0. The lowest BCUT2D eigenvalue weighted by Crippen LogP contribution is -1.85. The lowest BCUT2D eigenvalue weighted by atomic mass is 10.1. The van der Waals surface area contributed by atoms with Crippen LogP contribution in [-0.4, -0.2) is 6.29 Å². The summed E-state index contributed by atoms with van der Waals surface area (Å²) in [5.74, 6) is -1.33. The molecule has 0 spiro atoms. The zero-order valence-electron chi connectivity index (χ0n) is 7.54. The third-order valence-corrected chi connectivity index (χ3v) is 1.98. The average molecular weight is 208 g/mol. The summed E-state index contributed by atoms with van der Waals surface area (Å²) in [6.07, 6.45) is 1.79. The molecule has 4 heteroatoms. The van der Waals surface area contributed by atoms with Crippen molar-refractivity contribution >= 4 is 6.29 Å². The van der Waals surface area contributed by atoms with E-state index in [0.29, 0.717) is 11.8 Å². The Hall–Kier alpha value is -1.97. The Bertz CT molecular complexity index is 483. The van der Waals surface area contributed by atoms with Gasteiger partial charge < -0.3 is 4.42 Å². The minimum Gasteiger partial charge on any atom is -0.461 e. The minimum absolute atomic E-state index is 0.0556. The average Bonchev–Trinajstić information content (AvgIpc) is 2.63. The number of hydrogen-bond donors (Lipinski definition) is 0. The fourth-order valence-corrected chi connectivity index (χ4v) is 1.36. The van der Waals surface area contributed by atoms with Gasteiger partial charge in [-0.25, -0.2) is 8.78 Å². The lowest BCUT2D eigenvalue weighted by molar-refractivity contribution is 0.110. The molecular formula is C11H6F2O2. The fourth-order valence-electron chi connectivity index (χ4n) is 1.36. The first kappa shape index (κ1) is 9.58. The Morgan fingerprint density at radius 1 is 1.13 bits per heavy atom. The predicted molar refractivity (Wildman–Crippen MR) is 49.4 cm³/mol. The highest BCUT2D eigenvalue weighted by Crippen LogP contribution is 2.25. The quantitative estimate of drug-likeness (QED) is 0.710. The van der Waals surface area contributed by atoms with Crippen molar-refractivity contribution in [3.63, 3.8) is 0 Å². The van der Waals surface area contributed by atoms with E-state index in [0.717, 1.165) is 18.2 Å². The van der Waals surface area contributed by atoms with Crippen molar-refractivity contribution in [2.45, 2.75) is 0 Å². The van der Waals surface area contributed by atoms with Crippen LogP contribution in [-0.2, 0) is 0 Å². The zero-order valence-corrected chi connectivity index (χ0v) is 7.54. The predicted octanol–water partition coefficient (Wildman–Crippen LogP) is 3.04. The number of rotatable bonds is 2. The van der Waals surface area contributed by atoms with Gasteiger partial charge in [-0.3, -0.25) is 4.79 Å². The molecule has 2 rings (SSSR count). The molecule has 1 heterocycles. The molecule has 76 valence electrons. The zero-order chi connectivity index (χ0) is 10.8. The van der Waals surface area contributed by atoms with E-state index >= 15 is 0 Å². The normalized spacial score (nSPS) is 10.3. The molecule has 0 aliphatic heterocycles. The van der Waals surface area contributed by atoms with Crippen LogP contribution in [0.15, 0.2) is 34.9 Å². The summed E-state index contributed by atoms with van der Waals surface area (Å²) >= 11 is 0. The maximum absolute atomic E-state index is 12.9. The molecular weight excluding hydrogens is 202 g/mol. The Morgan fingerprint density at radius 2 is 1.80 bits per heavy atom. The number of benzene rings is 1. The monoisotopic (exact) mass is 208 g/mol. The van der Waals surface area contributed by atoms with E-state index in [2.05, 4.69) is 0 Å². The van der Waals surface area contributed by atoms with E-state index in [1.807, 2.05) is 0 Å². The van der Waals surface area contributed by atoms with Crippen LogP contribution in [0.2, 0.25) is 0 Å². The van der Waals surface area contributed by atoms with E-state index in [1.165, 1.54) is 12.3 Å². The first-order chi connectivity index (χ1) is 7.20. The van der Waals surface area contributed by atoms with Gasteiger partial charge in [0.25, 0.3) is 0 Å². The van der Waals surface area contributed by atoms with Crippen molar-refractivity contribution in [3.8, 4) is 11.1 Å². The van der Waals surface area contributed by atoms with Crippen molar-refractivity contribution in [1.82, 2.24) is 0 Å². The number of furan rings is 1. The third-order valence-electron chi connectivity index (χ3n) is 1.98. The summed E-state index contributed by atoms with van der Waals surface area (Å²) in [4.78, 5) is 10.6. The highest BCUT2D eigenvalue weighted by molar-refractivity contribution is 5.84. The lowest BCUT2D eigenvalue weighted by Gasteiger charge is -1.99. The summed E-state index contributed by atoms with van der Waals surface area (Å²) in [6.45, 7) is 0. The molecule has 1 aromatic carbocycles. The van der Waals surface area contributed by atoms with Gasteiger partial charge in [0.1, 0.15) is 11.6 Å². The molecule has 0 bridgehead atoms. The molecule has 0 N–H and O–H groups in total. The van der Waals surface area contributed by atoms with Gasteiger partial charge in [0.2, 0.25) is 0 Å². The first-order valence-electron chi connectivity index (χ1n) is 4.20. The topological polar surface area (TPSA) is 30.2 Å². The van der Waals surface area contributed by atoms with Crippen LogP contribution in [0.3, 0.4) is 0 Å². The van der Waals surface area contributed by atoms with Gasteiger partial charge in [0, 0.05) is 11.6 Å². The second-order valence-corrected chi connectivity index (χ2v) is 2.97. The van der Waals surface area contributed by atoms with Crippen molar-refractivity contribution < 1.29 is 18.0 Å². The van der Waals surface area contributed by atoms with Crippen LogP contribution >= 0.6 is 0 Å². The number of hydrogen-bond acceptors (Lipinski definition) is 2. The molecule has 2 nitrogen and oxygen atoms in total. The largest absolute Gasteiger partial charge is 0.461 e. The molecule has 0 amide bonds. The Balaban J connectivity index is 2.58. The summed E-state index contributed by atoms with van der Waals surface area (Å²) in [6, 6.07) is 4.53. The van der Waals surface area contributed by atoms with E-state index in [-0.39, 0.29) is 11.3 Å². The smallest absolute Gasteiger partial charge is 0.185 e. The van der Waals surface area contributed by atoms with Crippen LogP contribution in [0, 0.1) is 11.6 Å². The van der Waals surface area contributed by atoms with Crippen molar-refractivity contribution in [2.75, 3.05) is 0 Å². The maximum atomic E-state index is 12.9. The van der Waals surface area contributed by atoms with Gasteiger partial charge >= 0.3 is 0 Å². The Morgan fingerprint density at radius 3 is 2.40 bits per heavy atom. The van der Waals surface area contributed by atoms with Crippen molar-refractivity contribution in [2.24, 2.45) is 0 Å². The van der Waals surface area contributed by atoms with Gasteiger partial charge in [-0.05, 0) is 23.8 Å². The van der Waals surface area contributed by atoms with Crippen LogP contribution in [0.4, 0.5) is 8.78 Å². The second-order valence-electron chi connectivity index (χ2n) is 2.97. The number of carbonyl (C=O) groups excluding carboxylic acids is 1. The Labute approximate surface area is 84.1 Å². The van der Waals surface area contributed by atoms with Crippen LogP contribution < -0.4 is 0 Å². The van der Waals surface area contributed by atoms with Crippen molar-refractivity contribution in [1.29, 1.82) is 0 Å². The molecule has 0 saturated heterocycles. The summed E-state index contributed by atoms with van der Waals surface area (Å²) < 4.78 is 30.6. The van der Waals surface area contributed by atoms with E-state index in [1.54, 1.807) is 0 Å². The molecule has 2 aromatic rings. The summed E-state index contributed by atoms with van der Waals surface area (Å²) in [7, 11) is 0. The number of aldehydes is 1. The van der Waals surface area contributed by atoms with E-state index < -0.39 is 11.6 Å². The van der Waals surface area contributed by atoms with Crippen LogP contribution in [0.5, 0.6) is 0 Å².